The maximum atomic E-state index is 11.3. The molecular weight excluding hydrogens is 250 g/mol. The van der Waals surface area contributed by atoms with Crippen LogP contribution >= 0.6 is 0 Å². The van der Waals surface area contributed by atoms with Gasteiger partial charge < -0.3 is 10.6 Å². The van der Waals surface area contributed by atoms with Crippen molar-refractivity contribution in [1.29, 1.82) is 0 Å². The highest BCUT2D eigenvalue weighted by Crippen LogP contribution is 2.17. The molecule has 2 unspecified atom stereocenters. The third-order valence-electron chi connectivity index (χ3n) is 3.47. The maximum absolute atomic E-state index is 11.3. The van der Waals surface area contributed by atoms with Crippen molar-refractivity contribution in [3.8, 4) is 0 Å². The number of nitrogens with zero attached hydrogens (tertiary/aromatic N) is 1. The van der Waals surface area contributed by atoms with Gasteiger partial charge in [-0.3, -0.25) is 4.99 Å². The molecule has 0 spiro atoms. The van der Waals surface area contributed by atoms with Gasteiger partial charge in [0.1, 0.15) is 0 Å². The van der Waals surface area contributed by atoms with Gasteiger partial charge in [-0.25, -0.2) is 8.42 Å². The van der Waals surface area contributed by atoms with Crippen molar-refractivity contribution in [3.05, 3.63) is 0 Å². The fraction of sp³-hybridized carbons (Fsp3) is 0.917. The molecule has 0 aromatic heterocycles. The summed E-state index contributed by atoms with van der Waals surface area (Å²) in [7, 11) is -1.06. The van der Waals surface area contributed by atoms with Crippen LogP contribution in [0.5, 0.6) is 0 Å². The quantitative estimate of drug-likeness (QED) is 0.583. The summed E-state index contributed by atoms with van der Waals surface area (Å²) in [5, 5.41) is 6.51. The standard InChI is InChI=1S/C12H25N3O2S/c1-9(2)10(3)15-12(13-4)14-7-11-5-6-18(16,17)8-11/h9-11H,5-8H2,1-4H3,(H2,13,14,15). The SMILES string of the molecule is CN=C(NCC1CCS(=O)(=O)C1)NC(C)C(C)C. The van der Waals surface area contributed by atoms with E-state index in [-0.39, 0.29) is 5.92 Å². The van der Waals surface area contributed by atoms with Crippen molar-refractivity contribution >= 4 is 15.8 Å². The molecule has 106 valence electrons. The van der Waals surface area contributed by atoms with Crippen LogP contribution in [0.1, 0.15) is 27.2 Å². The summed E-state index contributed by atoms with van der Waals surface area (Å²) >= 11 is 0. The summed E-state index contributed by atoms with van der Waals surface area (Å²) in [5.41, 5.74) is 0. The van der Waals surface area contributed by atoms with Gasteiger partial charge in [-0.1, -0.05) is 13.8 Å². The Kier molecular flexibility index (Phi) is 5.44. The Bertz CT molecular complexity index is 390. The zero-order chi connectivity index (χ0) is 13.8. The largest absolute Gasteiger partial charge is 0.356 e. The number of sulfone groups is 1. The van der Waals surface area contributed by atoms with E-state index in [2.05, 4.69) is 36.4 Å². The lowest BCUT2D eigenvalue weighted by Crippen LogP contribution is -2.45. The molecular formula is C12H25N3O2S. The molecule has 0 bridgehead atoms. The van der Waals surface area contributed by atoms with Crippen LogP contribution in [-0.2, 0) is 9.84 Å². The second kappa shape index (κ2) is 6.41. The normalized spacial score (nSPS) is 25.2. The highest BCUT2D eigenvalue weighted by atomic mass is 32.2. The Morgan fingerprint density at radius 3 is 2.50 bits per heavy atom. The molecule has 0 aromatic carbocycles. The average Bonchev–Trinajstić information content (AvgIpc) is 2.63. The summed E-state index contributed by atoms with van der Waals surface area (Å²) in [6, 6.07) is 0.337. The van der Waals surface area contributed by atoms with E-state index in [9.17, 15) is 8.42 Å². The average molecular weight is 275 g/mol. The van der Waals surface area contributed by atoms with Crippen molar-refractivity contribution in [1.82, 2.24) is 10.6 Å². The van der Waals surface area contributed by atoms with Gasteiger partial charge >= 0.3 is 0 Å². The minimum absolute atomic E-state index is 0.211. The van der Waals surface area contributed by atoms with Gasteiger partial charge in [0.05, 0.1) is 11.5 Å². The van der Waals surface area contributed by atoms with Crippen LogP contribution in [0.15, 0.2) is 4.99 Å². The lowest BCUT2D eigenvalue weighted by Gasteiger charge is -2.21. The van der Waals surface area contributed by atoms with E-state index in [0.717, 1.165) is 12.4 Å². The number of hydrogen-bond donors (Lipinski definition) is 2. The number of hydrogen-bond acceptors (Lipinski definition) is 3. The van der Waals surface area contributed by atoms with Gasteiger partial charge in [-0.15, -0.1) is 0 Å². The highest BCUT2D eigenvalue weighted by Gasteiger charge is 2.27. The van der Waals surface area contributed by atoms with E-state index >= 15 is 0 Å². The van der Waals surface area contributed by atoms with Crippen LogP contribution in [0.4, 0.5) is 0 Å². The van der Waals surface area contributed by atoms with E-state index in [1.54, 1.807) is 7.05 Å². The van der Waals surface area contributed by atoms with E-state index in [0.29, 0.717) is 30.0 Å². The van der Waals surface area contributed by atoms with Crippen molar-refractivity contribution in [2.24, 2.45) is 16.8 Å². The molecule has 6 heteroatoms. The minimum Gasteiger partial charge on any atom is -0.356 e. The topological polar surface area (TPSA) is 70.6 Å². The highest BCUT2D eigenvalue weighted by molar-refractivity contribution is 7.91. The molecule has 0 saturated carbocycles. The first-order valence-corrected chi connectivity index (χ1v) is 8.34. The molecule has 0 amide bonds. The fourth-order valence-electron chi connectivity index (χ4n) is 1.85. The number of aliphatic imine (C=N–C) groups is 1. The molecule has 1 fully saturated rings. The van der Waals surface area contributed by atoms with Crippen LogP contribution in [-0.4, -0.2) is 45.5 Å². The summed E-state index contributed by atoms with van der Waals surface area (Å²) in [5.74, 6) is 2.11. The van der Waals surface area contributed by atoms with Crippen molar-refractivity contribution in [3.63, 3.8) is 0 Å². The number of rotatable bonds is 4. The van der Waals surface area contributed by atoms with Gasteiger partial charge in [-0.05, 0) is 25.2 Å². The van der Waals surface area contributed by atoms with Gasteiger partial charge in [0.15, 0.2) is 15.8 Å². The summed E-state index contributed by atoms with van der Waals surface area (Å²) < 4.78 is 22.7. The van der Waals surface area contributed by atoms with Gasteiger partial charge in [0.25, 0.3) is 0 Å². The van der Waals surface area contributed by atoms with Crippen LogP contribution in [0, 0.1) is 11.8 Å². The van der Waals surface area contributed by atoms with Crippen LogP contribution in [0.25, 0.3) is 0 Å². The number of guanidine groups is 1. The van der Waals surface area contributed by atoms with Crippen LogP contribution < -0.4 is 10.6 Å². The Labute approximate surface area is 110 Å². The monoisotopic (exact) mass is 275 g/mol. The molecule has 0 radical (unpaired) electrons. The molecule has 2 N–H and O–H groups in total. The molecule has 18 heavy (non-hydrogen) atoms. The first-order chi connectivity index (χ1) is 8.34. The summed E-state index contributed by atoms with van der Waals surface area (Å²) in [6.45, 7) is 7.07. The second-order valence-electron chi connectivity index (χ2n) is 5.40. The molecule has 1 rings (SSSR count). The fourth-order valence-corrected chi connectivity index (χ4v) is 3.71. The Balaban J connectivity index is 2.37. The Morgan fingerprint density at radius 1 is 1.39 bits per heavy atom. The first kappa shape index (κ1) is 15.3. The third kappa shape index (κ3) is 4.84. The van der Waals surface area contributed by atoms with E-state index < -0.39 is 9.84 Å². The molecule has 1 heterocycles. The number of nitrogens with one attached hydrogen (secondary N) is 2. The van der Waals surface area contributed by atoms with Crippen molar-refractivity contribution in [2.45, 2.75) is 33.2 Å². The predicted molar refractivity (Wildman–Crippen MR) is 75.6 cm³/mol. The van der Waals surface area contributed by atoms with E-state index in [1.165, 1.54) is 0 Å². The van der Waals surface area contributed by atoms with Crippen molar-refractivity contribution in [2.75, 3.05) is 25.1 Å². The molecule has 1 saturated heterocycles. The van der Waals surface area contributed by atoms with Gasteiger partial charge in [0.2, 0.25) is 0 Å². The zero-order valence-corrected chi connectivity index (χ0v) is 12.5. The van der Waals surface area contributed by atoms with Gasteiger partial charge in [-0.2, -0.15) is 0 Å². The summed E-state index contributed by atoms with van der Waals surface area (Å²) in [6.07, 6.45) is 0.756. The maximum Gasteiger partial charge on any atom is 0.191 e. The van der Waals surface area contributed by atoms with Crippen LogP contribution in [0.2, 0.25) is 0 Å². The first-order valence-electron chi connectivity index (χ1n) is 6.51. The second-order valence-corrected chi connectivity index (χ2v) is 7.63. The van der Waals surface area contributed by atoms with Gasteiger partial charge in [0, 0.05) is 19.6 Å². The van der Waals surface area contributed by atoms with Crippen LogP contribution in [0.3, 0.4) is 0 Å². The zero-order valence-electron chi connectivity index (χ0n) is 11.7. The van der Waals surface area contributed by atoms with E-state index in [4.69, 9.17) is 0 Å². The molecule has 2 atom stereocenters. The lowest BCUT2D eigenvalue weighted by atomic mass is 10.1. The van der Waals surface area contributed by atoms with E-state index in [1.807, 2.05) is 0 Å². The Morgan fingerprint density at radius 2 is 2.06 bits per heavy atom. The smallest absolute Gasteiger partial charge is 0.191 e. The molecule has 5 nitrogen and oxygen atoms in total. The predicted octanol–water partition coefficient (Wildman–Crippen LogP) is 0.631. The van der Waals surface area contributed by atoms with Crippen molar-refractivity contribution < 1.29 is 8.42 Å². The molecule has 1 aliphatic heterocycles. The third-order valence-corrected chi connectivity index (χ3v) is 5.31. The molecule has 0 aromatic rings. The minimum atomic E-state index is -2.79. The lowest BCUT2D eigenvalue weighted by molar-refractivity contribution is 0.476. The molecule has 1 aliphatic rings. The molecule has 0 aliphatic carbocycles. The summed E-state index contributed by atoms with van der Waals surface area (Å²) in [4.78, 5) is 4.15. The Hall–Kier alpha value is -0.780.